The minimum absolute atomic E-state index is 0.0975. The number of anilines is 1. The molecular formula is C16H26N2OS. The molecule has 0 unspecified atom stereocenters. The zero-order valence-corrected chi connectivity index (χ0v) is 13.7. The number of aromatic nitrogens is 1. The van der Waals surface area contributed by atoms with Crippen molar-refractivity contribution in [2.24, 2.45) is 0 Å². The standard InChI is InChI=1S/C16H26N2OS/c1-4-5-14-10-13(12-19)11-15(17-14)18-7-6-16(2,3)20-9-8-18/h10-11,19H,4-9,12H2,1-3H3. The number of thioether (sulfide) groups is 1. The Balaban J connectivity index is 2.20. The zero-order chi connectivity index (χ0) is 14.6. The lowest BCUT2D eigenvalue weighted by atomic mass is 10.1. The van der Waals surface area contributed by atoms with Crippen molar-refractivity contribution in [3.05, 3.63) is 23.4 Å². The van der Waals surface area contributed by atoms with E-state index in [-0.39, 0.29) is 6.61 Å². The maximum absolute atomic E-state index is 9.44. The lowest BCUT2D eigenvalue weighted by molar-refractivity contribution is 0.281. The molecule has 112 valence electrons. The SMILES string of the molecule is CCCc1cc(CO)cc(N2CCSC(C)(C)CC2)n1. The van der Waals surface area contributed by atoms with Gasteiger partial charge in [0.1, 0.15) is 5.82 Å². The van der Waals surface area contributed by atoms with Crippen LogP contribution >= 0.6 is 11.8 Å². The molecule has 20 heavy (non-hydrogen) atoms. The van der Waals surface area contributed by atoms with Gasteiger partial charge in [0.05, 0.1) is 6.61 Å². The third-order valence-electron chi connectivity index (χ3n) is 3.78. The molecule has 0 saturated carbocycles. The fourth-order valence-electron chi connectivity index (χ4n) is 2.52. The molecule has 1 aromatic rings. The van der Waals surface area contributed by atoms with Gasteiger partial charge in [-0.15, -0.1) is 0 Å². The molecule has 1 aliphatic heterocycles. The molecule has 0 aromatic carbocycles. The highest BCUT2D eigenvalue weighted by atomic mass is 32.2. The highest BCUT2D eigenvalue weighted by molar-refractivity contribution is 8.00. The largest absolute Gasteiger partial charge is 0.392 e. The smallest absolute Gasteiger partial charge is 0.129 e. The Labute approximate surface area is 126 Å². The molecule has 0 amide bonds. The van der Waals surface area contributed by atoms with Crippen LogP contribution in [0.25, 0.3) is 0 Å². The van der Waals surface area contributed by atoms with Gasteiger partial charge in [-0.25, -0.2) is 4.98 Å². The second kappa shape index (κ2) is 6.81. The van der Waals surface area contributed by atoms with Crippen LogP contribution in [-0.2, 0) is 13.0 Å². The van der Waals surface area contributed by atoms with Gasteiger partial charge in [-0.3, -0.25) is 0 Å². The van der Waals surface area contributed by atoms with Crippen LogP contribution < -0.4 is 4.90 Å². The van der Waals surface area contributed by atoms with E-state index >= 15 is 0 Å². The van der Waals surface area contributed by atoms with Crippen LogP contribution in [0.15, 0.2) is 12.1 Å². The molecule has 1 saturated heterocycles. The molecule has 1 N–H and O–H groups in total. The summed E-state index contributed by atoms with van der Waals surface area (Å²) in [5.41, 5.74) is 2.08. The van der Waals surface area contributed by atoms with Crippen LogP contribution in [0.4, 0.5) is 5.82 Å². The van der Waals surface area contributed by atoms with Crippen LogP contribution in [-0.4, -0.2) is 33.7 Å². The second-order valence-corrected chi connectivity index (χ2v) is 7.88. The number of aliphatic hydroxyl groups excluding tert-OH is 1. The minimum Gasteiger partial charge on any atom is -0.392 e. The van der Waals surface area contributed by atoms with Crippen LogP contribution in [0.3, 0.4) is 0 Å². The van der Waals surface area contributed by atoms with E-state index < -0.39 is 0 Å². The summed E-state index contributed by atoms with van der Waals surface area (Å²) in [4.78, 5) is 7.16. The summed E-state index contributed by atoms with van der Waals surface area (Å²) in [6, 6.07) is 4.08. The van der Waals surface area contributed by atoms with E-state index in [2.05, 4.69) is 25.7 Å². The molecule has 0 radical (unpaired) electrons. The number of pyridine rings is 1. The summed E-state index contributed by atoms with van der Waals surface area (Å²) in [7, 11) is 0. The number of hydrogen-bond donors (Lipinski definition) is 1. The Morgan fingerprint density at radius 1 is 1.35 bits per heavy atom. The Bertz CT molecular complexity index is 448. The van der Waals surface area contributed by atoms with Crippen molar-refractivity contribution >= 4 is 17.6 Å². The van der Waals surface area contributed by atoms with Crippen LogP contribution in [0.5, 0.6) is 0 Å². The van der Waals surface area contributed by atoms with Gasteiger partial charge in [-0.1, -0.05) is 27.2 Å². The highest BCUT2D eigenvalue weighted by Gasteiger charge is 2.24. The predicted molar refractivity (Wildman–Crippen MR) is 87.5 cm³/mol. The van der Waals surface area contributed by atoms with Crippen LogP contribution in [0.2, 0.25) is 0 Å². The average molecular weight is 294 g/mol. The first-order valence-corrected chi connectivity index (χ1v) is 8.52. The van der Waals surface area contributed by atoms with E-state index in [4.69, 9.17) is 4.98 Å². The molecule has 2 heterocycles. The van der Waals surface area contributed by atoms with Gasteiger partial charge in [-0.2, -0.15) is 11.8 Å². The molecule has 1 aromatic heterocycles. The summed E-state index contributed by atoms with van der Waals surface area (Å²) in [6.45, 7) is 9.00. The molecule has 0 atom stereocenters. The molecule has 0 spiro atoms. The molecule has 4 heteroatoms. The maximum atomic E-state index is 9.44. The van der Waals surface area contributed by atoms with E-state index in [1.165, 1.54) is 6.42 Å². The number of aliphatic hydroxyl groups is 1. The Kier molecular flexibility index (Phi) is 5.33. The van der Waals surface area contributed by atoms with E-state index in [9.17, 15) is 5.11 Å². The van der Waals surface area contributed by atoms with Gasteiger partial charge in [-0.05, 0) is 30.5 Å². The van der Waals surface area contributed by atoms with Gasteiger partial charge >= 0.3 is 0 Å². The van der Waals surface area contributed by atoms with Crippen LogP contribution in [0.1, 0.15) is 44.9 Å². The van der Waals surface area contributed by atoms with E-state index in [0.717, 1.165) is 48.8 Å². The highest BCUT2D eigenvalue weighted by Crippen LogP contribution is 2.32. The van der Waals surface area contributed by atoms with Crippen molar-refractivity contribution in [3.63, 3.8) is 0 Å². The number of aryl methyl sites for hydroxylation is 1. The minimum atomic E-state index is 0.0975. The van der Waals surface area contributed by atoms with Crippen LogP contribution in [0, 0.1) is 0 Å². The number of rotatable bonds is 4. The van der Waals surface area contributed by atoms with Gasteiger partial charge < -0.3 is 10.0 Å². The first-order chi connectivity index (χ1) is 9.54. The quantitative estimate of drug-likeness (QED) is 0.925. The van der Waals surface area contributed by atoms with Gasteiger partial charge in [0.15, 0.2) is 0 Å². The van der Waals surface area contributed by atoms with E-state index in [1.807, 2.05) is 23.9 Å². The average Bonchev–Trinajstić information content (AvgIpc) is 2.59. The third kappa shape index (κ3) is 4.13. The van der Waals surface area contributed by atoms with E-state index in [0.29, 0.717) is 4.75 Å². The Morgan fingerprint density at radius 2 is 2.15 bits per heavy atom. The fraction of sp³-hybridized carbons (Fsp3) is 0.688. The van der Waals surface area contributed by atoms with Gasteiger partial charge in [0.25, 0.3) is 0 Å². The lowest BCUT2D eigenvalue weighted by Gasteiger charge is -2.24. The van der Waals surface area contributed by atoms with Gasteiger partial charge in [0.2, 0.25) is 0 Å². The summed E-state index contributed by atoms with van der Waals surface area (Å²) in [6.07, 6.45) is 3.24. The summed E-state index contributed by atoms with van der Waals surface area (Å²) in [5, 5.41) is 9.44. The summed E-state index contributed by atoms with van der Waals surface area (Å²) < 4.78 is 0.357. The first-order valence-electron chi connectivity index (χ1n) is 7.53. The number of nitrogens with zero attached hydrogens (tertiary/aromatic N) is 2. The van der Waals surface area contributed by atoms with Crippen molar-refractivity contribution in [2.45, 2.75) is 51.4 Å². The molecule has 2 rings (SSSR count). The normalized spacial score (nSPS) is 18.9. The van der Waals surface area contributed by atoms with E-state index in [1.54, 1.807) is 0 Å². The molecule has 1 aliphatic rings. The van der Waals surface area contributed by atoms with Crippen molar-refractivity contribution in [1.82, 2.24) is 4.98 Å². The Morgan fingerprint density at radius 3 is 2.85 bits per heavy atom. The van der Waals surface area contributed by atoms with Crippen molar-refractivity contribution < 1.29 is 5.11 Å². The molecule has 1 fully saturated rings. The second-order valence-electron chi connectivity index (χ2n) is 6.08. The Hall–Kier alpha value is -0.740. The fourth-order valence-corrected chi connectivity index (χ4v) is 3.62. The first kappa shape index (κ1) is 15.6. The predicted octanol–water partition coefficient (Wildman–Crippen LogP) is 3.25. The molecule has 0 bridgehead atoms. The maximum Gasteiger partial charge on any atom is 0.129 e. The van der Waals surface area contributed by atoms with Crippen molar-refractivity contribution in [1.29, 1.82) is 0 Å². The van der Waals surface area contributed by atoms with Gasteiger partial charge in [0, 0.05) is 29.3 Å². The van der Waals surface area contributed by atoms with Crippen molar-refractivity contribution in [3.8, 4) is 0 Å². The summed E-state index contributed by atoms with van der Waals surface area (Å²) in [5.74, 6) is 2.18. The monoisotopic (exact) mass is 294 g/mol. The lowest BCUT2D eigenvalue weighted by Crippen LogP contribution is -2.28. The number of hydrogen-bond acceptors (Lipinski definition) is 4. The zero-order valence-electron chi connectivity index (χ0n) is 12.9. The molecule has 0 aliphatic carbocycles. The summed E-state index contributed by atoms with van der Waals surface area (Å²) >= 11 is 2.05. The van der Waals surface area contributed by atoms with Crippen molar-refractivity contribution in [2.75, 3.05) is 23.7 Å². The topological polar surface area (TPSA) is 36.4 Å². The molecular weight excluding hydrogens is 268 g/mol. The third-order valence-corrected chi connectivity index (χ3v) is 5.15. The molecule has 3 nitrogen and oxygen atoms in total.